The summed E-state index contributed by atoms with van der Waals surface area (Å²) in [5, 5.41) is 4.10. The number of amides is 1. The third-order valence-corrected chi connectivity index (χ3v) is 7.52. The minimum Gasteiger partial charge on any atom is -0.497 e. The highest BCUT2D eigenvalue weighted by Crippen LogP contribution is 2.34. The molecule has 5 rings (SSSR count). The van der Waals surface area contributed by atoms with Crippen LogP contribution < -0.4 is 19.1 Å². The van der Waals surface area contributed by atoms with Crippen LogP contribution in [0.1, 0.15) is 39.5 Å². The third kappa shape index (κ3) is 5.52. The summed E-state index contributed by atoms with van der Waals surface area (Å²) in [6, 6.07) is 13.5. The minimum absolute atomic E-state index is 0.0525. The van der Waals surface area contributed by atoms with Crippen molar-refractivity contribution in [2.45, 2.75) is 38.9 Å². The first-order chi connectivity index (χ1) is 18.4. The summed E-state index contributed by atoms with van der Waals surface area (Å²) in [6.45, 7) is 3.06. The van der Waals surface area contributed by atoms with Crippen LogP contribution in [0.2, 0.25) is 0 Å². The number of methoxy groups -OCH3 is 3. The Balaban J connectivity index is 1.53. The molecule has 0 spiro atoms. The van der Waals surface area contributed by atoms with E-state index in [1.165, 1.54) is 0 Å². The summed E-state index contributed by atoms with van der Waals surface area (Å²) in [5.41, 5.74) is 3.35. The van der Waals surface area contributed by atoms with Gasteiger partial charge in [-0.2, -0.15) is 0 Å². The first-order valence-electron chi connectivity index (χ1n) is 12.5. The number of anilines is 1. The highest BCUT2D eigenvalue weighted by molar-refractivity contribution is 7.09. The Morgan fingerprint density at radius 3 is 2.26 bits per heavy atom. The lowest BCUT2D eigenvalue weighted by molar-refractivity contribution is 0.0729. The van der Waals surface area contributed by atoms with Gasteiger partial charge in [0.25, 0.3) is 5.91 Å². The molecule has 2 heterocycles. The van der Waals surface area contributed by atoms with Crippen LogP contribution in [-0.2, 0) is 13.1 Å². The predicted octanol–water partition coefficient (Wildman–Crippen LogP) is 5.47. The Bertz CT molecular complexity index is 1440. The smallest absolute Gasteiger partial charge is 0.254 e. The Kier molecular flexibility index (Phi) is 7.37. The Morgan fingerprint density at radius 2 is 1.66 bits per heavy atom. The normalized spacial score (nSPS) is 12.9. The highest BCUT2D eigenvalue weighted by atomic mass is 32.1. The molecule has 1 fully saturated rings. The number of carbonyl (C=O) groups is 1. The number of aryl methyl sites for hydroxylation is 1. The first-order valence-corrected chi connectivity index (χ1v) is 13.4. The van der Waals surface area contributed by atoms with E-state index in [-0.39, 0.29) is 11.9 Å². The molecule has 0 N–H and O–H groups in total. The van der Waals surface area contributed by atoms with Gasteiger partial charge in [-0.15, -0.1) is 11.3 Å². The zero-order valence-electron chi connectivity index (χ0n) is 22.4. The van der Waals surface area contributed by atoms with Crippen LogP contribution >= 0.6 is 11.3 Å². The van der Waals surface area contributed by atoms with E-state index in [4.69, 9.17) is 19.2 Å². The number of carbonyl (C=O) groups excluding carboxylic acids is 1. The van der Waals surface area contributed by atoms with Gasteiger partial charge in [-0.25, -0.2) is 9.97 Å². The zero-order chi connectivity index (χ0) is 26.8. The predicted molar refractivity (Wildman–Crippen MR) is 150 cm³/mol. The van der Waals surface area contributed by atoms with Crippen LogP contribution in [0.3, 0.4) is 0 Å². The average Bonchev–Trinajstić information content (AvgIpc) is 3.70. The second-order valence-electron chi connectivity index (χ2n) is 9.51. The topological polar surface area (TPSA) is 77.0 Å². The van der Waals surface area contributed by atoms with Crippen molar-refractivity contribution in [2.24, 2.45) is 0 Å². The fourth-order valence-electron chi connectivity index (χ4n) is 4.59. The number of hydrogen-bond donors (Lipinski definition) is 0. The summed E-state index contributed by atoms with van der Waals surface area (Å²) in [6.07, 6.45) is 1.96. The Labute approximate surface area is 226 Å². The summed E-state index contributed by atoms with van der Waals surface area (Å²) in [4.78, 5) is 27.6. The number of thiazole rings is 1. The molecule has 0 aliphatic heterocycles. The number of ether oxygens (including phenoxy) is 3. The molecule has 0 bridgehead atoms. The lowest BCUT2D eigenvalue weighted by atomic mass is 10.1. The van der Waals surface area contributed by atoms with Gasteiger partial charge in [-0.05, 0) is 50.1 Å². The van der Waals surface area contributed by atoms with Crippen molar-refractivity contribution in [3.8, 4) is 17.2 Å². The van der Waals surface area contributed by atoms with Crippen LogP contribution in [-0.4, -0.2) is 55.2 Å². The SMILES string of the molecule is COc1cc(OC)cc(C(=O)N(Cc2cc3ccc(OC)cc3nc2N(C)Cc2csc(C)n2)C2CC2)c1. The van der Waals surface area contributed by atoms with E-state index in [2.05, 4.69) is 21.3 Å². The number of fused-ring (bicyclic) bond motifs is 1. The van der Waals surface area contributed by atoms with E-state index in [0.717, 1.165) is 51.6 Å². The molecule has 8 nitrogen and oxygen atoms in total. The van der Waals surface area contributed by atoms with Crippen LogP contribution in [0, 0.1) is 6.92 Å². The van der Waals surface area contributed by atoms with Crippen molar-refractivity contribution in [3.63, 3.8) is 0 Å². The number of benzene rings is 2. The molecular weight excluding hydrogens is 500 g/mol. The molecule has 38 heavy (non-hydrogen) atoms. The van der Waals surface area contributed by atoms with Gasteiger partial charge in [-0.3, -0.25) is 4.79 Å². The third-order valence-electron chi connectivity index (χ3n) is 6.70. The lowest BCUT2D eigenvalue weighted by Crippen LogP contribution is -2.33. The molecule has 0 radical (unpaired) electrons. The standard InChI is InChI=1S/C29H32N4O4S/c1-18-30-22(17-38-18)16-32(2)28-21(10-19-6-9-24(35-3)14-27(19)31-28)15-33(23-7-8-23)29(34)20-11-25(36-4)13-26(12-20)37-5/h6,9-14,17,23H,7-8,15-16H2,1-5H3. The van der Waals surface area contributed by atoms with Gasteiger partial charge in [0.15, 0.2) is 0 Å². The largest absolute Gasteiger partial charge is 0.497 e. The molecule has 0 saturated heterocycles. The van der Waals surface area contributed by atoms with E-state index in [0.29, 0.717) is 30.2 Å². The van der Waals surface area contributed by atoms with Crippen molar-refractivity contribution in [1.82, 2.24) is 14.9 Å². The van der Waals surface area contributed by atoms with Gasteiger partial charge in [0.2, 0.25) is 0 Å². The van der Waals surface area contributed by atoms with Crippen molar-refractivity contribution in [3.05, 3.63) is 69.7 Å². The number of rotatable bonds is 10. The van der Waals surface area contributed by atoms with Gasteiger partial charge in [-0.1, -0.05) is 0 Å². The van der Waals surface area contributed by atoms with Crippen LogP contribution in [0.4, 0.5) is 5.82 Å². The summed E-state index contributed by atoms with van der Waals surface area (Å²) in [7, 11) is 6.84. The van der Waals surface area contributed by atoms with Crippen molar-refractivity contribution >= 4 is 34.0 Å². The van der Waals surface area contributed by atoms with Crippen LogP contribution in [0.25, 0.3) is 10.9 Å². The second-order valence-corrected chi connectivity index (χ2v) is 10.6. The fraction of sp³-hybridized carbons (Fsp3) is 0.345. The van der Waals surface area contributed by atoms with E-state index in [9.17, 15) is 4.79 Å². The molecule has 2 aromatic heterocycles. The molecule has 4 aromatic rings. The molecule has 0 atom stereocenters. The quantitative estimate of drug-likeness (QED) is 0.268. The van der Waals surface area contributed by atoms with Gasteiger partial charge in [0, 0.05) is 53.7 Å². The van der Waals surface area contributed by atoms with Gasteiger partial charge < -0.3 is 24.0 Å². The average molecular weight is 533 g/mol. The molecular formula is C29H32N4O4S. The summed E-state index contributed by atoms with van der Waals surface area (Å²) < 4.78 is 16.3. The molecule has 1 aliphatic carbocycles. The monoisotopic (exact) mass is 532 g/mol. The maximum absolute atomic E-state index is 13.8. The molecule has 1 aliphatic rings. The van der Waals surface area contributed by atoms with E-state index < -0.39 is 0 Å². The molecule has 1 amide bonds. The van der Waals surface area contributed by atoms with Crippen molar-refractivity contribution in [1.29, 1.82) is 0 Å². The van der Waals surface area contributed by atoms with E-state index in [1.807, 2.05) is 37.1 Å². The van der Waals surface area contributed by atoms with Crippen LogP contribution in [0.5, 0.6) is 17.2 Å². The lowest BCUT2D eigenvalue weighted by Gasteiger charge is -2.27. The molecule has 2 aromatic carbocycles. The molecule has 0 unspecified atom stereocenters. The molecule has 1 saturated carbocycles. The van der Waals surface area contributed by atoms with Crippen molar-refractivity contribution in [2.75, 3.05) is 33.3 Å². The van der Waals surface area contributed by atoms with E-state index in [1.54, 1.807) is 50.9 Å². The van der Waals surface area contributed by atoms with Gasteiger partial charge in [0.1, 0.15) is 23.1 Å². The Hall–Kier alpha value is -3.85. The summed E-state index contributed by atoms with van der Waals surface area (Å²) in [5.74, 6) is 2.69. The first kappa shape index (κ1) is 25.8. The zero-order valence-corrected chi connectivity index (χ0v) is 23.2. The van der Waals surface area contributed by atoms with E-state index >= 15 is 0 Å². The number of nitrogens with zero attached hydrogens (tertiary/aromatic N) is 4. The maximum atomic E-state index is 13.8. The number of pyridine rings is 1. The second kappa shape index (κ2) is 10.9. The molecule has 198 valence electrons. The fourth-order valence-corrected chi connectivity index (χ4v) is 5.19. The van der Waals surface area contributed by atoms with Gasteiger partial charge in [0.05, 0.1) is 44.1 Å². The Morgan fingerprint density at radius 1 is 0.947 bits per heavy atom. The maximum Gasteiger partial charge on any atom is 0.254 e. The minimum atomic E-state index is -0.0525. The van der Waals surface area contributed by atoms with Gasteiger partial charge >= 0.3 is 0 Å². The van der Waals surface area contributed by atoms with Crippen molar-refractivity contribution < 1.29 is 19.0 Å². The van der Waals surface area contributed by atoms with Crippen LogP contribution in [0.15, 0.2) is 47.8 Å². The highest BCUT2D eigenvalue weighted by Gasteiger charge is 2.34. The number of aromatic nitrogens is 2. The number of hydrogen-bond acceptors (Lipinski definition) is 8. The molecule has 9 heteroatoms. The summed E-state index contributed by atoms with van der Waals surface area (Å²) >= 11 is 1.64.